The van der Waals surface area contributed by atoms with Gasteiger partial charge in [-0.15, -0.1) is 11.3 Å². The zero-order valence-electron chi connectivity index (χ0n) is 27.9. The summed E-state index contributed by atoms with van der Waals surface area (Å²) in [6.45, 7) is 8.89. The summed E-state index contributed by atoms with van der Waals surface area (Å²) in [7, 11) is -4.16. The van der Waals surface area contributed by atoms with Gasteiger partial charge in [0.25, 0.3) is 16.0 Å². The zero-order chi connectivity index (χ0) is 35.8. The second-order valence-corrected chi connectivity index (χ2v) is 14.9. The van der Waals surface area contributed by atoms with E-state index in [0.29, 0.717) is 6.42 Å². The van der Waals surface area contributed by atoms with Crippen LogP contribution < -0.4 is 16.0 Å². The Morgan fingerprint density at radius 3 is 2.49 bits per heavy atom. The highest BCUT2D eigenvalue weighted by Gasteiger charge is 2.46. The predicted octanol–water partition coefficient (Wildman–Crippen LogP) is 2.80. The number of hydrogen-bond acceptors (Lipinski definition) is 14. The van der Waals surface area contributed by atoms with Crippen LogP contribution in [0.3, 0.4) is 0 Å². The second-order valence-electron chi connectivity index (χ2n) is 12.4. The first-order chi connectivity index (χ1) is 23.1. The monoisotopic (exact) mass is 723 g/mol. The summed E-state index contributed by atoms with van der Waals surface area (Å²) in [6.07, 6.45) is 0.854. The summed E-state index contributed by atoms with van der Waals surface area (Å²) in [6, 6.07) is 3.92. The van der Waals surface area contributed by atoms with E-state index in [0.717, 1.165) is 23.3 Å². The Labute approximate surface area is 288 Å². The topological polar surface area (TPSA) is 210 Å². The molecule has 1 aromatic heterocycles. The molecule has 4 rings (SSSR count). The van der Waals surface area contributed by atoms with Crippen molar-refractivity contribution in [2.75, 3.05) is 31.7 Å². The van der Waals surface area contributed by atoms with Crippen LogP contribution in [0.15, 0.2) is 39.7 Å². The first kappa shape index (κ1) is 37.7. The number of aromatic nitrogens is 1. The van der Waals surface area contributed by atoms with Crippen LogP contribution in [0.4, 0.5) is 9.93 Å². The minimum Gasteiger partial charge on any atom is -0.463 e. The average molecular weight is 724 g/mol. The van der Waals surface area contributed by atoms with Gasteiger partial charge >= 0.3 is 12.1 Å². The van der Waals surface area contributed by atoms with Crippen LogP contribution in [0, 0.1) is 6.92 Å². The third-order valence-corrected chi connectivity index (χ3v) is 9.35. The third-order valence-electron chi connectivity index (χ3n) is 7.30. The van der Waals surface area contributed by atoms with Crippen molar-refractivity contribution in [3.8, 4) is 0 Å². The number of amides is 3. The number of carbonyl (C=O) groups is 4. The first-order valence-electron chi connectivity index (χ1n) is 15.7. The summed E-state index contributed by atoms with van der Waals surface area (Å²) in [5.41, 5.74) is -1.95. The molecule has 2 aliphatic heterocycles. The molecule has 18 heteroatoms. The fraction of sp³-hybridized carbons (Fsp3) is 0.548. The lowest BCUT2D eigenvalue weighted by molar-refractivity contribution is -0.185. The van der Waals surface area contributed by atoms with E-state index >= 15 is 0 Å². The number of hydrogen-bond donors (Lipinski definition) is 3. The number of anilines is 1. The van der Waals surface area contributed by atoms with E-state index in [1.165, 1.54) is 17.5 Å². The molecule has 3 heterocycles. The molecular weight excluding hydrogens is 682 g/mol. The highest BCUT2D eigenvalue weighted by molar-refractivity contribution is 7.86. The van der Waals surface area contributed by atoms with Gasteiger partial charge < -0.3 is 29.7 Å². The van der Waals surface area contributed by atoms with Gasteiger partial charge in [0.1, 0.15) is 17.3 Å². The molecule has 0 unspecified atom stereocenters. The highest BCUT2D eigenvalue weighted by atomic mass is 32.2. The van der Waals surface area contributed by atoms with E-state index in [-0.39, 0.29) is 48.4 Å². The summed E-state index contributed by atoms with van der Waals surface area (Å²) < 4.78 is 46.7. The normalized spacial score (nSPS) is 19.2. The summed E-state index contributed by atoms with van der Waals surface area (Å²) in [4.78, 5) is 61.8. The van der Waals surface area contributed by atoms with Crippen LogP contribution in [-0.2, 0) is 47.7 Å². The number of β-lactam (4-membered cyclic amide) rings is 1. The highest BCUT2D eigenvalue weighted by Crippen LogP contribution is 2.28. The number of aryl methyl sites for hydroxylation is 1. The van der Waals surface area contributed by atoms with Crippen molar-refractivity contribution in [3.05, 3.63) is 40.9 Å². The largest absolute Gasteiger partial charge is 0.463 e. The molecule has 49 heavy (non-hydrogen) atoms. The molecule has 0 spiro atoms. The van der Waals surface area contributed by atoms with E-state index in [2.05, 4.69) is 26.1 Å². The number of rotatable bonds is 14. The number of carbonyl (C=O) groups excluding carboxylic acids is 4. The van der Waals surface area contributed by atoms with Crippen LogP contribution in [-0.4, -0.2) is 92.7 Å². The van der Waals surface area contributed by atoms with Gasteiger partial charge in [0.05, 0.1) is 37.4 Å². The van der Waals surface area contributed by atoms with Crippen LogP contribution in [0.25, 0.3) is 0 Å². The van der Waals surface area contributed by atoms with Crippen LogP contribution in [0.5, 0.6) is 0 Å². The smallest absolute Gasteiger partial charge is 0.413 e. The van der Waals surface area contributed by atoms with Crippen LogP contribution in [0.2, 0.25) is 0 Å². The number of esters is 1. The van der Waals surface area contributed by atoms with Gasteiger partial charge in [-0.2, -0.15) is 8.42 Å². The molecule has 0 bridgehead atoms. The van der Waals surface area contributed by atoms with E-state index < -0.39 is 69.6 Å². The molecule has 2 fully saturated rings. The van der Waals surface area contributed by atoms with Gasteiger partial charge in [0.15, 0.2) is 10.8 Å². The summed E-state index contributed by atoms with van der Waals surface area (Å²) in [5, 5.41) is 13.1. The lowest BCUT2D eigenvalue weighted by Gasteiger charge is -2.36. The van der Waals surface area contributed by atoms with Crippen LogP contribution >= 0.6 is 11.3 Å². The van der Waals surface area contributed by atoms with Gasteiger partial charge in [0, 0.05) is 18.2 Å². The Morgan fingerprint density at radius 2 is 1.86 bits per heavy atom. The summed E-state index contributed by atoms with van der Waals surface area (Å²) >= 11 is 0.962. The zero-order valence-corrected chi connectivity index (χ0v) is 29.5. The Balaban J connectivity index is 1.55. The molecule has 268 valence electrons. The van der Waals surface area contributed by atoms with Crippen molar-refractivity contribution >= 4 is 56.2 Å². The molecule has 2 aliphatic rings. The number of oxime groups is 1. The fourth-order valence-corrected chi connectivity index (χ4v) is 6.15. The lowest BCUT2D eigenvalue weighted by Crippen LogP contribution is -2.71. The Hall–Kier alpha value is -4.13. The molecule has 2 atom stereocenters. The van der Waals surface area contributed by atoms with E-state index in [1.807, 2.05) is 13.8 Å². The summed E-state index contributed by atoms with van der Waals surface area (Å²) in [5.74, 6) is -2.19. The predicted molar refractivity (Wildman–Crippen MR) is 176 cm³/mol. The van der Waals surface area contributed by atoms with Crippen molar-refractivity contribution in [3.63, 3.8) is 0 Å². The van der Waals surface area contributed by atoms with Crippen molar-refractivity contribution in [1.29, 1.82) is 0 Å². The van der Waals surface area contributed by atoms with Gasteiger partial charge in [-0.05, 0) is 46.2 Å². The molecule has 16 nitrogen and oxygen atoms in total. The quantitative estimate of drug-likeness (QED) is 0.0642. The maximum Gasteiger partial charge on any atom is 0.413 e. The van der Waals surface area contributed by atoms with Gasteiger partial charge in [-0.3, -0.25) is 19.1 Å². The molecule has 2 saturated heterocycles. The molecule has 2 aromatic rings. The standard InChI is InChI=1S/C31H41N5O11S2/c1-6-7-14-44-27(39)31(12-15-43-16-13-31)47-36-24(22-18-48-28(33-22)35-29(40)46-30(3,4)5)26(38)34-23-21(32-25(23)37)17-45-49(41,42)20-10-8-19(2)9-11-20/h8-11,18,21,23H,6-7,12-17H2,1-5H3,(H,32,37)(H,34,38)(H,33,35,40)/b36-24-/t21-,23+/m1/s1. The molecule has 3 amide bonds. The van der Waals surface area contributed by atoms with Crippen molar-refractivity contribution in [2.45, 2.75) is 88.5 Å². The van der Waals surface area contributed by atoms with E-state index in [1.54, 1.807) is 32.9 Å². The minimum atomic E-state index is -4.16. The molecule has 0 saturated carbocycles. The number of benzene rings is 1. The van der Waals surface area contributed by atoms with Crippen molar-refractivity contribution < 1.29 is 50.8 Å². The van der Waals surface area contributed by atoms with Gasteiger partial charge in [-0.1, -0.05) is 36.2 Å². The molecule has 0 radical (unpaired) electrons. The molecule has 1 aromatic carbocycles. The number of thiazole rings is 1. The number of ether oxygens (including phenoxy) is 3. The minimum absolute atomic E-state index is 0.0513. The Morgan fingerprint density at radius 1 is 1.16 bits per heavy atom. The average Bonchev–Trinajstić information content (AvgIpc) is 3.49. The molecule has 0 aliphatic carbocycles. The lowest BCUT2D eigenvalue weighted by atomic mass is 9.94. The maximum absolute atomic E-state index is 13.7. The second kappa shape index (κ2) is 16.1. The Bertz CT molecular complexity index is 1650. The van der Waals surface area contributed by atoms with Gasteiger partial charge in [-0.25, -0.2) is 14.6 Å². The molecular formula is C31H41N5O11S2. The van der Waals surface area contributed by atoms with Crippen molar-refractivity contribution in [2.24, 2.45) is 5.16 Å². The molecule has 3 N–H and O–H groups in total. The SMILES string of the molecule is CCCCOC(=O)C1(O/N=C(\C(=O)N[C@@H]2C(=O)N[C@@H]2COS(=O)(=O)c2ccc(C)cc2)c2csc(NC(=O)OC(C)(C)C)n2)CCOCC1. The van der Waals surface area contributed by atoms with Gasteiger partial charge in [0.2, 0.25) is 11.5 Å². The van der Waals surface area contributed by atoms with E-state index in [4.69, 9.17) is 23.2 Å². The fourth-order valence-electron chi connectivity index (χ4n) is 4.53. The number of nitrogens with one attached hydrogen (secondary N) is 3. The first-order valence-corrected chi connectivity index (χ1v) is 18.0. The number of unbranched alkanes of at least 4 members (excludes halogenated alkanes) is 1. The number of nitrogens with zero attached hydrogens (tertiary/aromatic N) is 2. The van der Waals surface area contributed by atoms with Crippen LogP contribution in [0.1, 0.15) is 64.6 Å². The third kappa shape index (κ3) is 10.2. The maximum atomic E-state index is 13.7. The van der Waals surface area contributed by atoms with Crippen molar-refractivity contribution in [1.82, 2.24) is 15.6 Å². The Kier molecular flexibility index (Phi) is 12.3. The van der Waals surface area contributed by atoms with E-state index in [9.17, 15) is 27.6 Å².